The average molecular weight is 435 g/mol. The van der Waals surface area contributed by atoms with Crippen LogP contribution in [0.4, 0.5) is 0 Å². The molecule has 0 unspecified atom stereocenters. The zero-order chi connectivity index (χ0) is 22.0. The molecule has 2 aromatic carbocycles. The summed E-state index contributed by atoms with van der Waals surface area (Å²) in [4.78, 5) is 26.1. The Morgan fingerprint density at radius 3 is 2.35 bits per heavy atom. The summed E-state index contributed by atoms with van der Waals surface area (Å²) >= 11 is 1.09. The van der Waals surface area contributed by atoms with Crippen LogP contribution in [-0.4, -0.2) is 25.6 Å². The standard InChI is InChI=1S/C25H26N2O3S/c1-15-8-9-19(12-16(15)2)24(28)20(13-17-6-4-3-5-7-17)23(25(29)30)18-10-11-21-22(14-18)27-31-26-21/h8-12,14,17H,3-7,13H2,1-2H3,(H,29,30)/b23-20+. The third kappa shape index (κ3) is 4.59. The van der Waals surface area contributed by atoms with Crippen molar-refractivity contribution in [2.45, 2.75) is 52.4 Å². The number of allylic oxidation sites excluding steroid dienone is 1. The number of aromatic nitrogens is 2. The minimum absolute atomic E-state index is 0.0868. The third-order valence-electron chi connectivity index (χ3n) is 6.32. The monoisotopic (exact) mass is 434 g/mol. The molecule has 0 atom stereocenters. The topological polar surface area (TPSA) is 80.2 Å². The highest BCUT2D eigenvalue weighted by atomic mass is 32.1. The molecule has 6 heteroatoms. The van der Waals surface area contributed by atoms with Crippen molar-refractivity contribution in [3.63, 3.8) is 0 Å². The molecule has 0 amide bonds. The van der Waals surface area contributed by atoms with E-state index in [1.807, 2.05) is 26.0 Å². The fourth-order valence-corrected chi connectivity index (χ4v) is 4.93. The van der Waals surface area contributed by atoms with E-state index in [2.05, 4.69) is 8.75 Å². The predicted octanol–water partition coefficient (Wildman–Crippen LogP) is 6.00. The number of aliphatic carboxylic acids is 1. The number of hydrogen-bond donors (Lipinski definition) is 1. The second-order valence-corrected chi connectivity index (χ2v) is 8.99. The van der Waals surface area contributed by atoms with Crippen molar-refractivity contribution in [2.24, 2.45) is 5.92 Å². The van der Waals surface area contributed by atoms with Gasteiger partial charge in [-0.1, -0.05) is 50.3 Å². The van der Waals surface area contributed by atoms with Crippen molar-refractivity contribution < 1.29 is 14.7 Å². The van der Waals surface area contributed by atoms with Gasteiger partial charge in [0.15, 0.2) is 5.78 Å². The van der Waals surface area contributed by atoms with E-state index in [1.165, 1.54) is 6.42 Å². The average Bonchev–Trinajstić information content (AvgIpc) is 3.23. The fraction of sp³-hybridized carbons (Fsp3) is 0.360. The van der Waals surface area contributed by atoms with Gasteiger partial charge in [-0.3, -0.25) is 4.79 Å². The SMILES string of the molecule is Cc1ccc(C(=O)/C(CC2CCCCC2)=C(/C(=O)O)c2ccc3nsnc3c2)cc1C. The molecular weight excluding hydrogens is 408 g/mol. The number of hydrogen-bond acceptors (Lipinski definition) is 5. The molecule has 0 spiro atoms. The van der Waals surface area contributed by atoms with E-state index in [0.717, 1.165) is 54.1 Å². The summed E-state index contributed by atoms with van der Waals surface area (Å²) in [6.45, 7) is 3.97. The molecule has 1 aliphatic rings. The van der Waals surface area contributed by atoms with Gasteiger partial charge in [0.25, 0.3) is 0 Å². The van der Waals surface area contributed by atoms with E-state index in [0.29, 0.717) is 34.6 Å². The van der Waals surface area contributed by atoms with E-state index in [1.54, 1.807) is 24.3 Å². The number of nitrogens with zero attached hydrogens (tertiary/aromatic N) is 2. The summed E-state index contributed by atoms with van der Waals surface area (Å²) in [6.07, 6.45) is 6.03. The number of Topliss-reactive ketones (excluding diaryl/α,β-unsaturated/α-hetero) is 1. The molecule has 0 aliphatic heterocycles. The van der Waals surface area contributed by atoms with E-state index < -0.39 is 5.97 Å². The van der Waals surface area contributed by atoms with Crippen LogP contribution in [0.1, 0.15) is 65.6 Å². The molecule has 5 nitrogen and oxygen atoms in total. The zero-order valence-electron chi connectivity index (χ0n) is 17.9. The van der Waals surface area contributed by atoms with Crippen molar-refractivity contribution in [3.05, 3.63) is 64.2 Å². The largest absolute Gasteiger partial charge is 0.478 e. The Bertz CT molecular complexity index is 1170. The highest BCUT2D eigenvalue weighted by Crippen LogP contribution is 2.34. The number of aryl methyl sites for hydroxylation is 2. The molecule has 0 saturated heterocycles. The van der Waals surface area contributed by atoms with Crippen LogP contribution in [0.3, 0.4) is 0 Å². The van der Waals surface area contributed by atoms with Gasteiger partial charge in [-0.2, -0.15) is 8.75 Å². The summed E-state index contributed by atoms with van der Waals surface area (Å²) in [7, 11) is 0. The van der Waals surface area contributed by atoms with Gasteiger partial charge in [0.05, 0.1) is 17.3 Å². The maximum Gasteiger partial charge on any atom is 0.336 e. The predicted molar refractivity (Wildman–Crippen MR) is 123 cm³/mol. The lowest BCUT2D eigenvalue weighted by atomic mass is 9.80. The molecule has 1 N–H and O–H groups in total. The molecule has 1 aromatic heterocycles. The number of carbonyl (C=O) groups is 2. The van der Waals surface area contributed by atoms with Crippen molar-refractivity contribution in [2.75, 3.05) is 0 Å². The zero-order valence-corrected chi connectivity index (χ0v) is 18.7. The van der Waals surface area contributed by atoms with Crippen LogP contribution >= 0.6 is 11.7 Å². The molecule has 0 bridgehead atoms. The van der Waals surface area contributed by atoms with Crippen molar-refractivity contribution in [1.82, 2.24) is 8.75 Å². The van der Waals surface area contributed by atoms with Crippen molar-refractivity contribution in [1.29, 1.82) is 0 Å². The number of ketones is 1. The van der Waals surface area contributed by atoms with Gasteiger partial charge in [0, 0.05) is 11.1 Å². The first kappa shape index (κ1) is 21.4. The summed E-state index contributed by atoms with van der Waals surface area (Å²) in [5.41, 5.74) is 5.04. The van der Waals surface area contributed by atoms with Crippen LogP contribution in [0.25, 0.3) is 16.6 Å². The number of carboxylic acids is 1. The van der Waals surface area contributed by atoms with Crippen LogP contribution in [0.15, 0.2) is 42.0 Å². The molecule has 1 saturated carbocycles. The first-order chi connectivity index (χ1) is 14.9. The quantitative estimate of drug-likeness (QED) is 0.380. The smallest absolute Gasteiger partial charge is 0.336 e. The Balaban J connectivity index is 1.85. The Labute approximate surface area is 186 Å². The molecule has 31 heavy (non-hydrogen) atoms. The molecule has 1 aliphatic carbocycles. The van der Waals surface area contributed by atoms with Crippen molar-refractivity contribution in [3.8, 4) is 0 Å². The van der Waals surface area contributed by atoms with Gasteiger partial charge in [0.1, 0.15) is 11.0 Å². The van der Waals surface area contributed by atoms with Gasteiger partial charge >= 0.3 is 5.97 Å². The summed E-state index contributed by atoms with van der Waals surface area (Å²) in [6, 6.07) is 10.8. The van der Waals surface area contributed by atoms with Gasteiger partial charge in [-0.05, 0) is 61.1 Å². The lowest BCUT2D eigenvalue weighted by Crippen LogP contribution is -2.17. The molecule has 1 heterocycles. The van der Waals surface area contributed by atoms with E-state index in [-0.39, 0.29) is 11.4 Å². The van der Waals surface area contributed by atoms with Gasteiger partial charge in [-0.25, -0.2) is 4.79 Å². The van der Waals surface area contributed by atoms with Crippen LogP contribution in [0.2, 0.25) is 0 Å². The minimum atomic E-state index is -1.08. The first-order valence-corrected chi connectivity index (χ1v) is 11.5. The van der Waals surface area contributed by atoms with Gasteiger partial charge in [0.2, 0.25) is 0 Å². The molecule has 3 aromatic rings. The van der Waals surface area contributed by atoms with Gasteiger partial charge < -0.3 is 5.11 Å². The summed E-state index contributed by atoms with van der Waals surface area (Å²) in [5.74, 6) is -0.939. The van der Waals surface area contributed by atoms with Crippen LogP contribution in [0.5, 0.6) is 0 Å². The van der Waals surface area contributed by atoms with Crippen LogP contribution in [-0.2, 0) is 4.79 Å². The normalized spacial score (nSPS) is 15.7. The van der Waals surface area contributed by atoms with Gasteiger partial charge in [-0.15, -0.1) is 0 Å². The van der Waals surface area contributed by atoms with E-state index >= 15 is 0 Å². The number of fused-ring (bicyclic) bond motifs is 1. The maximum atomic E-state index is 13.7. The molecule has 160 valence electrons. The third-order valence-corrected chi connectivity index (χ3v) is 6.88. The molecular formula is C25H26N2O3S. The molecule has 1 fully saturated rings. The molecule has 4 rings (SSSR count). The number of benzene rings is 2. The summed E-state index contributed by atoms with van der Waals surface area (Å²) < 4.78 is 8.45. The lowest BCUT2D eigenvalue weighted by Gasteiger charge is -2.23. The minimum Gasteiger partial charge on any atom is -0.478 e. The van der Waals surface area contributed by atoms with E-state index in [9.17, 15) is 14.7 Å². The fourth-order valence-electron chi connectivity index (χ4n) is 4.41. The lowest BCUT2D eigenvalue weighted by molar-refractivity contribution is -0.130. The number of carboxylic acid groups (broad SMARTS) is 1. The Morgan fingerprint density at radius 2 is 1.65 bits per heavy atom. The molecule has 0 radical (unpaired) electrons. The Hall–Kier alpha value is -2.86. The van der Waals surface area contributed by atoms with Crippen LogP contribution < -0.4 is 0 Å². The number of carbonyl (C=O) groups excluding carboxylic acids is 1. The highest BCUT2D eigenvalue weighted by Gasteiger charge is 2.27. The Morgan fingerprint density at radius 1 is 0.935 bits per heavy atom. The maximum absolute atomic E-state index is 13.7. The highest BCUT2D eigenvalue weighted by molar-refractivity contribution is 7.00. The second kappa shape index (κ2) is 9.10. The number of rotatable bonds is 6. The first-order valence-electron chi connectivity index (χ1n) is 10.7. The second-order valence-electron chi connectivity index (χ2n) is 8.46. The summed E-state index contributed by atoms with van der Waals surface area (Å²) in [5, 5.41) is 10.2. The van der Waals surface area contributed by atoms with Crippen molar-refractivity contribution >= 4 is 40.1 Å². The Kier molecular flexibility index (Phi) is 6.28. The van der Waals surface area contributed by atoms with Crippen LogP contribution in [0, 0.1) is 19.8 Å². The van der Waals surface area contributed by atoms with E-state index in [4.69, 9.17) is 0 Å².